The number of piperidine rings is 1. The van der Waals surface area contributed by atoms with Crippen LogP contribution in [-0.2, 0) is 4.79 Å². The van der Waals surface area contributed by atoms with E-state index >= 15 is 0 Å². The molecule has 4 nitrogen and oxygen atoms in total. The number of ether oxygens (including phenoxy) is 1. The van der Waals surface area contributed by atoms with Crippen LogP contribution in [0.2, 0.25) is 0 Å². The van der Waals surface area contributed by atoms with Gasteiger partial charge in [0.05, 0.1) is 12.1 Å². The molecule has 1 unspecified atom stereocenters. The number of carbonyl (C=O) groups is 1. The van der Waals surface area contributed by atoms with E-state index in [4.69, 9.17) is 0 Å². The lowest BCUT2D eigenvalue weighted by Gasteiger charge is -2.25. The maximum absolute atomic E-state index is 12.4. The fraction of sp³-hybridized carbons (Fsp3) is 0.533. The smallest absolute Gasteiger partial charge is 0.387 e. The predicted molar refractivity (Wildman–Crippen MR) is 75.3 cm³/mol. The summed E-state index contributed by atoms with van der Waals surface area (Å²) in [6.45, 7) is -0.291. The normalized spacial score (nSPS) is 20.1. The summed E-state index contributed by atoms with van der Waals surface area (Å²) in [4.78, 5) is 12.2. The second-order valence-electron chi connectivity index (χ2n) is 5.15. The molecule has 0 radical (unpaired) electrons. The van der Waals surface area contributed by atoms with Crippen molar-refractivity contribution in [2.24, 2.45) is 0 Å². The highest BCUT2D eigenvalue weighted by Gasteiger charge is 2.23. The van der Waals surface area contributed by atoms with E-state index in [0.29, 0.717) is 5.56 Å². The molecule has 2 atom stereocenters. The molecule has 1 saturated heterocycles. The molecule has 2 N–H and O–H groups in total. The average molecular weight is 298 g/mol. The third-order valence-electron chi connectivity index (χ3n) is 3.59. The molecule has 116 valence electrons. The van der Waals surface area contributed by atoms with Gasteiger partial charge in [-0.1, -0.05) is 24.6 Å². The van der Waals surface area contributed by atoms with Crippen LogP contribution in [0.5, 0.6) is 5.75 Å². The highest BCUT2D eigenvalue weighted by atomic mass is 19.3. The second-order valence-corrected chi connectivity index (χ2v) is 5.15. The topological polar surface area (TPSA) is 50.4 Å². The number of nitrogens with one attached hydrogen (secondary N) is 2. The number of hydrogen-bond donors (Lipinski definition) is 2. The molecule has 6 heteroatoms. The molecule has 0 bridgehead atoms. The molecule has 1 aromatic carbocycles. The van der Waals surface area contributed by atoms with E-state index in [1.54, 1.807) is 25.1 Å². The summed E-state index contributed by atoms with van der Waals surface area (Å²) in [5.74, 6) is -0.00838. The Morgan fingerprint density at radius 2 is 2.14 bits per heavy atom. The van der Waals surface area contributed by atoms with E-state index in [1.165, 1.54) is 6.07 Å². The second kappa shape index (κ2) is 7.36. The molecule has 2 rings (SSSR count). The molecule has 1 aliphatic heterocycles. The Hall–Kier alpha value is -1.69. The number of carbonyl (C=O) groups excluding carboxylic acids is 1. The highest BCUT2D eigenvalue weighted by Crippen LogP contribution is 2.26. The van der Waals surface area contributed by atoms with E-state index in [-0.39, 0.29) is 17.7 Å². The molecule has 0 aliphatic carbocycles. The molecule has 1 heterocycles. The van der Waals surface area contributed by atoms with Crippen molar-refractivity contribution in [1.82, 2.24) is 10.6 Å². The summed E-state index contributed by atoms with van der Waals surface area (Å²) in [5.41, 5.74) is 0.543. The molecule has 21 heavy (non-hydrogen) atoms. The number of amides is 1. The Morgan fingerprint density at radius 1 is 1.38 bits per heavy atom. The van der Waals surface area contributed by atoms with Crippen molar-refractivity contribution >= 4 is 5.91 Å². The minimum Gasteiger partial charge on any atom is -0.434 e. The molecule has 1 aliphatic rings. The van der Waals surface area contributed by atoms with E-state index in [0.717, 1.165) is 25.8 Å². The van der Waals surface area contributed by atoms with Gasteiger partial charge in [-0.3, -0.25) is 4.79 Å². The van der Waals surface area contributed by atoms with Crippen molar-refractivity contribution in [3.05, 3.63) is 29.8 Å². The van der Waals surface area contributed by atoms with E-state index < -0.39 is 12.7 Å². The van der Waals surface area contributed by atoms with Gasteiger partial charge in [-0.15, -0.1) is 0 Å². The molecule has 1 aromatic rings. The summed E-state index contributed by atoms with van der Waals surface area (Å²) < 4.78 is 29.3. The van der Waals surface area contributed by atoms with Gasteiger partial charge < -0.3 is 15.4 Å². The van der Waals surface area contributed by atoms with Gasteiger partial charge in [0, 0.05) is 5.56 Å². The zero-order valence-electron chi connectivity index (χ0n) is 11.9. The molecule has 1 amide bonds. The van der Waals surface area contributed by atoms with Gasteiger partial charge in [0.2, 0.25) is 5.91 Å². The minimum absolute atomic E-state index is 0.0944. The number of halogens is 2. The van der Waals surface area contributed by atoms with Crippen molar-refractivity contribution in [3.8, 4) is 5.75 Å². The summed E-state index contributed by atoms with van der Waals surface area (Å²) in [6, 6.07) is 5.91. The lowest BCUT2D eigenvalue weighted by Crippen LogP contribution is -2.47. The van der Waals surface area contributed by atoms with Crippen LogP contribution in [0.4, 0.5) is 8.78 Å². The SMILES string of the molecule is CC(NC(=O)[C@@H]1CCCCN1)c1ccccc1OC(F)F. The van der Waals surface area contributed by atoms with Gasteiger partial charge >= 0.3 is 6.61 Å². The lowest BCUT2D eigenvalue weighted by molar-refractivity contribution is -0.124. The van der Waals surface area contributed by atoms with Gasteiger partial charge in [0.1, 0.15) is 5.75 Å². The Kier molecular flexibility index (Phi) is 5.50. The third-order valence-corrected chi connectivity index (χ3v) is 3.59. The summed E-state index contributed by atoms with van der Waals surface area (Å²) in [5, 5.41) is 6.01. The minimum atomic E-state index is -2.88. The zero-order valence-corrected chi connectivity index (χ0v) is 11.9. The standard InChI is InChI=1S/C15H20F2N2O2/c1-10(19-14(20)12-7-4-5-9-18-12)11-6-2-3-8-13(11)21-15(16)17/h2-3,6,8,10,12,15,18H,4-5,7,9H2,1H3,(H,19,20)/t10?,12-/m0/s1. The van der Waals surface area contributed by atoms with Crippen molar-refractivity contribution in [2.45, 2.75) is 44.9 Å². The van der Waals surface area contributed by atoms with Gasteiger partial charge in [-0.25, -0.2) is 0 Å². The summed E-state index contributed by atoms with van der Waals surface area (Å²) in [7, 11) is 0. The van der Waals surface area contributed by atoms with Gasteiger partial charge in [-0.2, -0.15) is 8.78 Å². The van der Waals surface area contributed by atoms with Crippen LogP contribution in [0.1, 0.15) is 37.8 Å². The van der Waals surface area contributed by atoms with Crippen LogP contribution in [-0.4, -0.2) is 25.1 Å². The first-order valence-electron chi connectivity index (χ1n) is 7.15. The number of hydrogen-bond acceptors (Lipinski definition) is 3. The van der Waals surface area contributed by atoms with Crippen molar-refractivity contribution in [3.63, 3.8) is 0 Å². The first kappa shape index (κ1) is 15.7. The molecule has 1 fully saturated rings. The molecular weight excluding hydrogens is 278 g/mol. The van der Waals surface area contributed by atoms with Crippen molar-refractivity contribution < 1.29 is 18.3 Å². The Morgan fingerprint density at radius 3 is 2.81 bits per heavy atom. The molecule has 0 aromatic heterocycles. The molecular formula is C15H20F2N2O2. The van der Waals surface area contributed by atoms with Crippen molar-refractivity contribution in [2.75, 3.05) is 6.54 Å². The maximum Gasteiger partial charge on any atom is 0.387 e. The Bertz CT molecular complexity index is 476. The monoisotopic (exact) mass is 298 g/mol. The number of para-hydroxylation sites is 1. The van der Waals surface area contributed by atoms with Crippen LogP contribution >= 0.6 is 0 Å². The Labute approximate surface area is 122 Å². The number of rotatable bonds is 5. The van der Waals surface area contributed by atoms with Crippen LogP contribution < -0.4 is 15.4 Å². The molecule has 0 saturated carbocycles. The highest BCUT2D eigenvalue weighted by molar-refractivity contribution is 5.82. The largest absolute Gasteiger partial charge is 0.434 e. The van der Waals surface area contributed by atoms with E-state index in [2.05, 4.69) is 15.4 Å². The fourth-order valence-corrected chi connectivity index (χ4v) is 2.51. The quantitative estimate of drug-likeness (QED) is 0.878. The fourth-order valence-electron chi connectivity index (χ4n) is 2.51. The van der Waals surface area contributed by atoms with Gasteiger partial charge in [-0.05, 0) is 32.4 Å². The number of benzene rings is 1. The first-order chi connectivity index (χ1) is 10.1. The van der Waals surface area contributed by atoms with Crippen LogP contribution in [0, 0.1) is 0 Å². The van der Waals surface area contributed by atoms with Crippen LogP contribution in [0.15, 0.2) is 24.3 Å². The number of alkyl halides is 2. The van der Waals surface area contributed by atoms with Gasteiger partial charge in [0.15, 0.2) is 0 Å². The maximum atomic E-state index is 12.4. The van der Waals surface area contributed by atoms with Gasteiger partial charge in [0.25, 0.3) is 0 Å². The van der Waals surface area contributed by atoms with E-state index in [1.807, 2.05) is 0 Å². The van der Waals surface area contributed by atoms with Crippen LogP contribution in [0.3, 0.4) is 0 Å². The first-order valence-corrected chi connectivity index (χ1v) is 7.15. The average Bonchev–Trinajstić information content (AvgIpc) is 2.48. The Balaban J connectivity index is 2.02. The lowest BCUT2D eigenvalue weighted by atomic mass is 10.0. The van der Waals surface area contributed by atoms with Crippen molar-refractivity contribution in [1.29, 1.82) is 0 Å². The summed E-state index contributed by atoms with van der Waals surface area (Å²) in [6.07, 6.45) is 2.89. The third kappa shape index (κ3) is 4.39. The predicted octanol–water partition coefficient (Wildman–Crippen LogP) is 2.61. The summed E-state index contributed by atoms with van der Waals surface area (Å²) >= 11 is 0. The van der Waals surface area contributed by atoms with Crippen LogP contribution in [0.25, 0.3) is 0 Å². The zero-order chi connectivity index (χ0) is 15.2. The van der Waals surface area contributed by atoms with E-state index in [9.17, 15) is 13.6 Å². The molecule has 0 spiro atoms.